The third kappa shape index (κ3) is 4.77. The highest BCUT2D eigenvalue weighted by Gasteiger charge is 2.43. The molecule has 0 bridgehead atoms. The van der Waals surface area contributed by atoms with E-state index in [2.05, 4.69) is 4.90 Å². The van der Waals surface area contributed by atoms with E-state index in [4.69, 9.17) is 4.74 Å². The molecule has 2 heterocycles. The highest BCUT2D eigenvalue weighted by molar-refractivity contribution is 6.45. The smallest absolute Gasteiger partial charge is 0.282 e. The van der Waals surface area contributed by atoms with Crippen LogP contribution in [0.4, 0.5) is 10.1 Å². The fraction of sp³-hybridized carbons (Fsp3) is 0.360. The lowest BCUT2D eigenvalue weighted by molar-refractivity contribution is -0.120. The summed E-state index contributed by atoms with van der Waals surface area (Å²) in [5.41, 5.74) is 1.54. The predicted octanol–water partition coefficient (Wildman–Crippen LogP) is 2.51. The number of carbonyl (C=O) groups excluding carboxylic acids is 2. The van der Waals surface area contributed by atoms with E-state index in [1.54, 1.807) is 24.3 Å². The van der Waals surface area contributed by atoms with Crippen molar-refractivity contribution in [2.75, 3.05) is 50.8 Å². The Bertz CT molecular complexity index is 1050. The molecule has 2 amide bonds. The van der Waals surface area contributed by atoms with E-state index in [9.17, 15) is 19.1 Å². The minimum atomic E-state index is -0.438. The summed E-state index contributed by atoms with van der Waals surface area (Å²) in [6.45, 7) is 5.62. The van der Waals surface area contributed by atoms with Crippen LogP contribution >= 0.6 is 0 Å². The molecule has 1 fully saturated rings. The number of aliphatic hydroxyl groups excluding tert-OH is 1. The number of anilines is 1. The maximum Gasteiger partial charge on any atom is 0.282 e. The molecule has 0 aliphatic carbocycles. The second-order valence-electron chi connectivity index (χ2n) is 8.07. The topological polar surface area (TPSA) is 73.3 Å². The van der Waals surface area contributed by atoms with Gasteiger partial charge in [-0.15, -0.1) is 0 Å². The molecule has 2 aromatic carbocycles. The quantitative estimate of drug-likeness (QED) is 0.620. The van der Waals surface area contributed by atoms with Gasteiger partial charge in [0.15, 0.2) is 0 Å². The zero-order chi connectivity index (χ0) is 23.4. The molecule has 1 saturated heterocycles. The molecule has 7 nitrogen and oxygen atoms in total. The van der Waals surface area contributed by atoms with E-state index in [1.165, 1.54) is 29.2 Å². The first kappa shape index (κ1) is 22.9. The highest BCUT2D eigenvalue weighted by atomic mass is 19.1. The van der Waals surface area contributed by atoms with Crippen molar-refractivity contribution in [2.45, 2.75) is 13.3 Å². The van der Waals surface area contributed by atoms with Gasteiger partial charge in [-0.25, -0.2) is 9.29 Å². The minimum Gasteiger partial charge on any atom is -0.494 e. The van der Waals surface area contributed by atoms with Crippen LogP contribution < -0.4 is 9.64 Å². The molecular weight excluding hydrogens is 425 g/mol. The van der Waals surface area contributed by atoms with Gasteiger partial charge in [-0.3, -0.25) is 14.5 Å². The Morgan fingerprint density at radius 2 is 1.73 bits per heavy atom. The zero-order valence-corrected chi connectivity index (χ0v) is 18.7. The lowest BCUT2D eigenvalue weighted by atomic mass is 10.0. The standard InChI is InChI=1S/C25H28FN3O4/c1-2-16-33-21-5-3-4-20(17-21)29-24(31)22(18-6-8-19(26)9-7-18)23(25(29)32)28-12-10-27(11-13-28)14-15-30/h3-9,17,30H,2,10-16H2,1H3. The molecule has 8 heteroatoms. The van der Waals surface area contributed by atoms with Crippen LogP contribution in [0.2, 0.25) is 0 Å². The average molecular weight is 454 g/mol. The summed E-state index contributed by atoms with van der Waals surface area (Å²) in [7, 11) is 0. The van der Waals surface area contributed by atoms with Crippen LogP contribution in [0.15, 0.2) is 54.2 Å². The maximum atomic E-state index is 13.6. The zero-order valence-electron chi connectivity index (χ0n) is 18.7. The molecule has 2 aromatic rings. The number of hydrogen-bond donors (Lipinski definition) is 1. The number of hydrogen-bond acceptors (Lipinski definition) is 6. The number of halogens is 1. The molecule has 174 valence electrons. The van der Waals surface area contributed by atoms with E-state index in [1.807, 2.05) is 11.8 Å². The van der Waals surface area contributed by atoms with Crippen molar-refractivity contribution < 1.29 is 23.8 Å². The van der Waals surface area contributed by atoms with Gasteiger partial charge in [0.05, 0.1) is 24.5 Å². The lowest BCUT2D eigenvalue weighted by Crippen LogP contribution is -2.48. The molecule has 0 unspecified atom stereocenters. The molecule has 0 radical (unpaired) electrons. The number of benzene rings is 2. The Morgan fingerprint density at radius 1 is 1.00 bits per heavy atom. The second kappa shape index (κ2) is 10.1. The molecule has 0 aromatic heterocycles. The Kier molecular flexibility index (Phi) is 7.05. The molecule has 0 saturated carbocycles. The SMILES string of the molecule is CCCOc1cccc(N2C(=O)C(c3ccc(F)cc3)=C(N3CCN(CCO)CC3)C2=O)c1. The summed E-state index contributed by atoms with van der Waals surface area (Å²) in [6, 6.07) is 12.6. The number of carbonyl (C=O) groups is 2. The van der Waals surface area contributed by atoms with Gasteiger partial charge in [-0.05, 0) is 36.2 Å². The third-order valence-electron chi connectivity index (χ3n) is 5.85. The number of amides is 2. The van der Waals surface area contributed by atoms with Gasteiger partial charge in [0, 0.05) is 38.8 Å². The van der Waals surface area contributed by atoms with Gasteiger partial charge in [-0.2, -0.15) is 0 Å². The van der Waals surface area contributed by atoms with Crippen LogP contribution in [0.5, 0.6) is 5.75 Å². The molecule has 0 spiro atoms. The number of nitrogens with zero attached hydrogens (tertiary/aromatic N) is 3. The van der Waals surface area contributed by atoms with Crippen molar-refractivity contribution in [2.24, 2.45) is 0 Å². The fourth-order valence-electron chi connectivity index (χ4n) is 4.19. The third-order valence-corrected chi connectivity index (χ3v) is 5.85. The van der Waals surface area contributed by atoms with Gasteiger partial charge in [0.1, 0.15) is 17.3 Å². The molecule has 1 N–H and O–H groups in total. The highest BCUT2D eigenvalue weighted by Crippen LogP contribution is 2.36. The van der Waals surface area contributed by atoms with Crippen molar-refractivity contribution in [3.8, 4) is 5.75 Å². The van der Waals surface area contributed by atoms with Crippen LogP contribution in [0.25, 0.3) is 5.57 Å². The fourth-order valence-corrected chi connectivity index (χ4v) is 4.19. The van der Waals surface area contributed by atoms with Gasteiger partial charge in [-0.1, -0.05) is 25.1 Å². The van der Waals surface area contributed by atoms with E-state index in [-0.39, 0.29) is 12.2 Å². The number of imide groups is 1. The van der Waals surface area contributed by atoms with Gasteiger partial charge >= 0.3 is 0 Å². The average Bonchev–Trinajstić information content (AvgIpc) is 3.09. The normalized spacial score (nSPS) is 17.3. The van der Waals surface area contributed by atoms with Crippen LogP contribution in [0.3, 0.4) is 0 Å². The van der Waals surface area contributed by atoms with E-state index in [0.29, 0.717) is 62.0 Å². The lowest BCUT2D eigenvalue weighted by Gasteiger charge is -2.36. The number of piperazine rings is 1. The van der Waals surface area contributed by atoms with Gasteiger partial charge in [0.25, 0.3) is 11.8 Å². The summed E-state index contributed by atoms with van der Waals surface area (Å²) in [6.07, 6.45) is 0.842. The van der Waals surface area contributed by atoms with Crippen molar-refractivity contribution in [1.29, 1.82) is 0 Å². The second-order valence-corrected chi connectivity index (χ2v) is 8.07. The minimum absolute atomic E-state index is 0.0746. The van der Waals surface area contributed by atoms with E-state index >= 15 is 0 Å². The first-order valence-corrected chi connectivity index (χ1v) is 11.2. The molecule has 2 aliphatic rings. The van der Waals surface area contributed by atoms with Crippen LogP contribution in [-0.2, 0) is 9.59 Å². The van der Waals surface area contributed by atoms with E-state index in [0.717, 1.165) is 6.42 Å². The van der Waals surface area contributed by atoms with Crippen LogP contribution in [-0.4, -0.2) is 72.7 Å². The molecule has 2 aliphatic heterocycles. The largest absolute Gasteiger partial charge is 0.494 e. The number of aliphatic hydroxyl groups is 1. The van der Waals surface area contributed by atoms with Gasteiger partial charge in [0.2, 0.25) is 0 Å². The van der Waals surface area contributed by atoms with Crippen molar-refractivity contribution in [3.05, 3.63) is 65.6 Å². The number of β-amino-alcohol motifs (C(OH)–C–C–N with tert-alkyl or cyclic N) is 1. The predicted molar refractivity (Wildman–Crippen MR) is 123 cm³/mol. The first-order valence-electron chi connectivity index (χ1n) is 11.2. The van der Waals surface area contributed by atoms with E-state index < -0.39 is 17.6 Å². The van der Waals surface area contributed by atoms with Gasteiger partial charge < -0.3 is 14.7 Å². The number of ether oxygens (including phenoxy) is 1. The van der Waals surface area contributed by atoms with Crippen molar-refractivity contribution >= 4 is 23.1 Å². The summed E-state index contributed by atoms with van der Waals surface area (Å²) < 4.78 is 19.3. The first-order chi connectivity index (χ1) is 16.0. The van der Waals surface area contributed by atoms with Crippen LogP contribution in [0.1, 0.15) is 18.9 Å². The molecule has 33 heavy (non-hydrogen) atoms. The molecule has 0 atom stereocenters. The summed E-state index contributed by atoms with van der Waals surface area (Å²) in [5, 5.41) is 9.21. The van der Waals surface area contributed by atoms with Crippen molar-refractivity contribution in [3.63, 3.8) is 0 Å². The Balaban J connectivity index is 1.70. The summed E-state index contributed by atoms with van der Waals surface area (Å²) in [5.74, 6) is -0.660. The molecule has 4 rings (SSSR count). The van der Waals surface area contributed by atoms with Crippen LogP contribution in [0, 0.1) is 5.82 Å². The Morgan fingerprint density at radius 3 is 2.39 bits per heavy atom. The number of rotatable bonds is 8. The Hall–Kier alpha value is -3.23. The summed E-state index contributed by atoms with van der Waals surface area (Å²) in [4.78, 5) is 32.4. The maximum absolute atomic E-state index is 13.6. The van der Waals surface area contributed by atoms with Crippen molar-refractivity contribution in [1.82, 2.24) is 9.80 Å². The summed E-state index contributed by atoms with van der Waals surface area (Å²) >= 11 is 0. The molecular formula is C25H28FN3O4. The monoisotopic (exact) mass is 453 g/mol. The Labute approximate surface area is 192 Å².